The number of aliphatic hydroxyl groups excluding tert-OH is 2. The summed E-state index contributed by atoms with van der Waals surface area (Å²) < 4.78 is 40.7. The molecule has 1 heterocycles. The van der Waals surface area contributed by atoms with Gasteiger partial charge in [0.2, 0.25) is 5.79 Å². The molecular formula is C52H56FN3O9. The Labute approximate surface area is 379 Å². The molecule has 6 atom stereocenters. The number of halogens is 1. The van der Waals surface area contributed by atoms with Crippen molar-refractivity contribution < 1.29 is 48.0 Å². The molecule has 3 aliphatic rings. The second kappa shape index (κ2) is 21.6. The number of carbonyl (C=O) groups excluding carboxylic acids is 2. The highest BCUT2D eigenvalue weighted by molar-refractivity contribution is 6.03. The Balaban J connectivity index is 1.47. The van der Waals surface area contributed by atoms with Gasteiger partial charge in [0, 0.05) is 43.2 Å². The Hall–Kier alpha value is -6.33. The van der Waals surface area contributed by atoms with Crippen LogP contribution in [0.25, 0.3) is 0 Å². The SMILES string of the molecule is C=CCOC12Oc3ccc(Oc4ccc(OC)c(C=O)c4)cc3C3C(CCCCO)C(CCCCO)C=C(C(=NOCC)CC1N(Cc1ccc(F)cc1)C(=O)c1ccc(C#N)cc1)C32. The summed E-state index contributed by atoms with van der Waals surface area (Å²) >= 11 is 0. The molecule has 0 spiro atoms. The number of amides is 1. The van der Waals surface area contributed by atoms with Crippen LogP contribution in [0, 0.1) is 34.9 Å². The van der Waals surface area contributed by atoms with Crippen LogP contribution in [-0.2, 0) is 16.1 Å². The predicted octanol–water partition coefficient (Wildman–Crippen LogP) is 9.31. The van der Waals surface area contributed by atoms with Crippen molar-refractivity contribution in [3.63, 3.8) is 0 Å². The van der Waals surface area contributed by atoms with E-state index < -0.39 is 23.6 Å². The lowest BCUT2D eigenvalue weighted by Gasteiger charge is -2.60. The zero-order valence-corrected chi connectivity index (χ0v) is 36.9. The molecule has 2 aliphatic carbocycles. The minimum atomic E-state index is -1.56. The number of benzene rings is 4. The molecule has 4 aromatic carbocycles. The molecule has 6 unspecified atom stereocenters. The first-order valence-electron chi connectivity index (χ1n) is 22.3. The molecule has 2 N–H and O–H groups in total. The number of aldehydes is 1. The molecule has 1 fully saturated rings. The maximum absolute atomic E-state index is 15.2. The normalized spacial score (nSPS) is 22.3. The molecule has 13 heteroatoms. The molecule has 1 amide bonds. The summed E-state index contributed by atoms with van der Waals surface area (Å²) in [6, 6.07) is 24.3. The van der Waals surface area contributed by atoms with Gasteiger partial charge < -0.3 is 38.9 Å². The van der Waals surface area contributed by atoms with Gasteiger partial charge in [-0.15, -0.1) is 6.58 Å². The molecular weight excluding hydrogens is 830 g/mol. The molecule has 7 rings (SSSR count). The van der Waals surface area contributed by atoms with Crippen LogP contribution in [0.5, 0.6) is 23.0 Å². The van der Waals surface area contributed by atoms with Gasteiger partial charge in [-0.1, -0.05) is 42.3 Å². The van der Waals surface area contributed by atoms with E-state index in [-0.39, 0.29) is 63.1 Å². The average molecular weight is 886 g/mol. The Morgan fingerprint density at radius 1 is 1.00 bits per heavy atom. The lowest BCUT2D eigenvalue weighted by molar-refractivity contribution is -0.255. The van der Waals surface area contributed by atoms with Crippen molar-refractivity contribution in [1.29, 1.82) is 5.26 Å². The summed E-state index contributed by atoms with van der Waals surface area (Å²) in [4.78, 5) is 34.8. The Kier molecular flexibility index (Phi) is 15.5. The third-order valence-corrected chi connectivity index (χ3v) is 12.7. The quantitative estimate of drug-likeness (QED) is 0.0357. The highest BCUT2D eigenvalue weighted by Crippen LogP contribution is 2.62. The number of carbonyl (C=O) groups is 2. The van der Waals surface area contributed by atoms with Crippen molar-refractivity contribution in [2.45, 2.75) is 76.2 Å². The van der Waals surface area contributed by atoms with Crippen LogP contribution in [0.1, 0.15) is 95.2 Å². The standard InChI is InChI=1S/C52H56FN3O9/c1-4-26-62-52-48(56(32-35-14-18-39(53)19-15-35)51(60)36-16-12-34(31-54)13-17-36)30-45(55-63-5-2)43-28-37(10-6-8-24-57)42(11-7-9-25-58)49(50(43)52)44-29-41(21-23-47(44)65-52)64-40-20-22-46(61-3)38(27-40)33-59/h4,12-23,27-29,33,37,42,48-50,57-58H,1,5-11,24-26,30,32H2,2-3H3. The summed E-state index contributed by atoms with van der Waals surface area (Å²) in [5.41, 5.74) is 4.07. The molecule has 1 aliphatic heterocycles. The fourth-order valence-corrected chi connectivity index (χ4v) is 9.82. The summed E-state index contributed by atoms with van der Waals surface area (Å²) in [5.74, 6) is -1.44. The first kappa shape index (κ1) is 46.7. The number of nitrogens with zero attached hydrogens (tertiary/aromatic N) is 3. The van der Waals surface area contributed by atoms with Gasteiger partial charge in [-0.05, 0) is 128 Å². The van der Waals surface area contributed by atoms with Gasteiger partial charge >= 0.3 is 0 Å². The van der Waals surface area contributed by atoms with E-state index in [1.807, 2.05) is 19.1 Å². The number of hydrogen-bond donors (Lipinski definition) is 2. The van der Waals surface area contributed by atoms with E-state index in [1.54, 1.807) is 71.6 Å². The fourth-order valence-electron chi connectivity index (χ4n) is 9.82. The van der Waals surface area contributed by atoms with Crippen LogP contribution >= 0.6 is 0 Å². The number of hydrogen-bond acceptors (Lipinski definition) is 11. The highest BCUT2D eigenvalue weighted by Gasteiger charge is 2.65. The van der Waals surface area contributed by atoms with E-state index in [9.17, 15) is 24.7 Å². The second-order valence-corrected chi connectivity index (χ2v) is 16.6. The number of aliphatic hydroxyl groups is 2. The van der Waals surface area contributed by atoms with Crippen LogP contribution in [0.15, 0.2) is 114 Å². The number of nitriles is 1. The lowest BCUT2D eigenvalue weighted by Crippen LogP contribution is -2.70. The van der Waals surface area contributed by atoms with Crippen LogP contribution in [0.2, 0.25) is 0 Å². The maximum Gasteiger partial charge on any atom is 0.254 e. The van der Waals surface area contributed by atoms with E-state index in [4.69, 9.17) is 28.9 Å². The van der Waals surface area contributed by atoms with E-state index in [2.05, 4.69) is 18.7 Å². The van der Waals surface area contributed by atoms with Crippen LogP contribution < -0.4 is 14.2 Å². The Bertz CT molecular complexity index is 2410. The number of methoxy groups -OCH3 is 1. The molecule has 0 radical (unpaired) electrons. The van der Waals surface area contributed by atoms with Gasteiger partial charge in [0.1, 0.15) is 41.5 Å². The first-order chi connectivity index (χ1) is 31.7. The topological polar surface area (TPSA) is 160 Å². The number of unbranched alkanes of at least 4 members (excludes halogenated alkanes) is 2. The lowest BCUT2D eigenvalue weighted by atomic mass is 9.55. The van der Waals surface area contributed by atoms with E-state index in [0.717, 1.165) is 36.8 Å². The molecule has 65 heavy (non-hydrogen) atoms. The zero-order valence-electron chi connectivity index (χ0n) is 36.9. The molecule has 340 valence electrons. The van der Waals surface area contributed by atoms with Crippen molar-refractivity contribution >= 4 is 17.9 Å². The second-order valence-electron chi connectivity index (χ2n) is 16.6. The third-order valence-electron chi connectivity index (χ3n) is 12.7. The number of oxime groups is 1. The third kappa shape index (κ3) is 10.0. The monoisotopic (exact) mass is 885 g/mol. The van der Waals surface area contributed by atoms with Gasteiger partial charge in [-0.2, -0.15) is 5.26 Å². The van der Waals surface area contributed by atoms with Gasteiger partial charge in [0.25, 0.3) is 5.91 Å². The van der Waals surface area contributed by atoms with Crippen LogP contribution in [0.3, 0.4) is 0 Å². The van der Waals surface area contributed by atoms with Gasteiger partial charge in [0.05, 0.1) is 42.5 Å². The molecule has 0 aromatic heterocycles. The van der Waals surface area contributed by atoms with Gasteiger partial charge in [-0.3, -0.25) is 9.59 Å². The number of allylic oxidation sites excluding steroid dienone is 1. The smallest absolute Gasteiger partial charge is 0.254 e. The van der Waals surface area contributed by atoms with Crippen molar-refractivity contribution in [2.24, 2.45) is 22.9 Å². The molecule has 1 saturated carbocycles. The number of fused-ring (bicyclic) bond motifs is 2. The van der Waals surface area contributed by atoms with Crippen molar-refractivity contribution in [2.75, 3.05) is 33.5 Å². The summed E-state index contributed by atoms with van der Waals surface area (Å²) in [6.07, 6.45) is 9.00. The Morgan fingerprint density at radius 2 is 1.72 bits per heavy atom. The average Bonchev–Trinajstić information content (AvgIpc) is 3.33. The number of rotatable bonds is 21. The van der Waals surface area contributed by atoms with Crippen LogP contribution in [-0.4, -0.2) is 78.4 Å². The van der Waals surface area contributed by atoms with E-state index in [0.29, 0.717) is 70.1 Å². The van der Waals surface area contributed by atoms with Gasteiger partial charge in [0.15, 0.2) is 6.29 Å². The number of ether oxygens (including phenoxy) is 4. The summed E-state index contributed by atoms with van der Waals surface area (Å²) in [6.45, 7) is 6.36. The van der Waals surface area contributed by atoms with E-state index in [1.165, 1.54) is 19.2 Å². The highest BCUT2D eigenvalue weighted by atomic mass is 19.1. The van der Waals surface area contributed by atoms with Crippen molar-refractivity contribution in [3.05, 3.63) is 143 Å². The van der Waals surface area contributed by atoms with Gasteiger partial charge in [-0.25, -0.2) is 4.39 Å². The van der Waals surface area contributed by atoms with Crippen molar-refractivity contribution in [3.8, 4) is 29.1 Å². The Morgan fingerprint density at radius 3 is 2.40 bits per heavy atom. The molecule has 12 nitrogen and oxygen atoms in total. The molecule has 0 bridgehead atoms. The summed E-state index contributed by atoms with van der Waals surface area (Å²) in [5, 5.41) is 34.3. The minimum Gasteiger partial charge on any atom is -0.496 e. The first-order valence-corrected chi connectivity index (χ1v) is 22.3. The largest absolute Gasteiger partial charge is 0.496 e. The maximum atomic E-state index is 15.2. The molecule has 4 aromatic rings. The minimum absolute atomic E-state index is 0.000153. The predicted molar refractivity (Wildman–Crippen MR) is 242 cm³/mol. The van der Waals surface area contributed by atoms with E-state index >= 15 is 4.79 Å². The molecule has 0 saturated heterocycles. The zero-order chi connectivity index (χ0) is 45.9. The van der Waals surface area contributed by atoms with Crippen molar-refractivity contribution in [1.82, 2.24) is 4.90 Å². The fraction of sp³-hybridized carbons (Fsp3) is 0.385. The summed E-state index contributed by atoms with van der Waals surface area (Å²) in [7, 11) is 1.50. The van der Waals surface area contributed by atoms with Crippen LogP contribution in [0.4, 0.5) is 4.39 Å².